The molecule has 1 aromatic heterocycles. The zero-order chi connectivity index (χ0) is 27.4. The second-order valence-corrected chi connectivity index (χ2v) is 13.0. The van der Waals surface area contributed by atoms with Gasteiger partial charge in [0.2, 0.25) is 5.91 Å². The Morgan fingerprint density at radius 1 is 1.19 bits per heavy atom. The van der Waals surface area contributed by atoms with Crippen LogP contribution in [-0.4, -0.2) is 75.2 Å². The molecule has 2 aliphatic rings. The third-order valence-electron chi connectivity index (χ3n) is 7.10. The van der Waals surface area contributed by atoms with Gasteiger partial charge in [-0.1, -0.05) is 11.8 Å². The van der Waals surface area contributed by atoms with E-state index in [0.29, 0.717) is 5.16 Å². The minimum Gasteiger partial charge on any atom is -0.444 e. The number of likely N-dealkylation sites (tertiary alicyclic amines) is 1. The number of thioether (sulfide) groups is 1. The van der Waals surface area contributed by atoms with Gasteiger partial charge >= 0.3 is 13.2 Å². The predicted molar refractivity (Wildman–Crippen MR) is 146 cm³/mol. The van der Waals surface area contributed by atoms with Crippen molar-refractivity contribution >= 4 is 36.3 Å². The summed E-state index contributed by atoms with van der Waals surface area (Å²) in [6, 6.07) is -0.447. The molecule has 37 heavy (non-hydrogen) atoms. The number of hydrogen-bond donors (Lipinski definition) is 1. The maximum absolute atomic E-state index is 13.1. The highest BCUT2D eigenvalue weighted by molar-refractivity contribution is 7.99. The molecular formula is C26H43BN4O5S. The van der Waals surface area contributed by atoms with E-state index in [9.17, 15) is 9.59 Å². The summed E-state index contributed by atoms with van der Waals surface area (Å²) in [5, 5.41) is 3.40. The number of rotatable bonds is 8. The lowest BCUT2D eigenvalue weighted by atomic mass is 9.81. The number of ether oxygens (including phenoxy) is 1. The van der Waals surface area contributed by atoms with Crippen LogP contribution in [0.1, 0.15) is 87.5 Å². The van der Waals surface area contributed by atoms with Crippen LogP contribution in [0.15, 0.2) is 17.6 Å². The summed E-state index contributed by atoms with van der Waals surface area (Å²) in [6.07, 6.45) is 7.91. The number of alkyl carbamates (subject to hydrolysis) is 1. The van der Waals surface area contributed by atoms with Gasteiger partial charge in [0.05, 0.1) is 11.2 Å². The average molecular weight is 535 g/mol. The monoisotopic (exact) mass is 534 g/mol. The van der Waals surface area contributed by atoms with E-state index in [0.717, 1.165) is 49.9 Å². The lowest BCUT2D eigenvalue weighted by molar-refractivity contribution is -0.136. The number of hydrogen-bond acceptors (Lipinski definition) is 8. The molecular weight excluding hydrogens is 491 g/mol. The van der Waals surface area contributed by atoms with E-state index in [2.05, 4.69) is 15.3 Å². The van der Waals surface area contributed by atoms with Crippen molar-refractivity contribution in [1.29, 1.82) is 0 Å². The van der Waals surface area contributed by atoms with E-state index in [1.165, 1.54) is 0 Å². The first-order valence-corrected chi connectivity index (χ1v) is 14.3. The van der Waals surface area contributed by atoms with Gasteiger partial charge in [0.15, 0.2) is 5.16 Å². The normalized spacial score (nSPS) is 22.0. The Morgan fingerprint density at radius 3 is 2.41 bits per heavy atom. The topological polar surface area (TPSA) is 103 Å². The molecule has 206 valence electrons. The van der Waals surface area contributed by atoms with E-state index in [1.807, 2.05) is 32.6 Å². The Morgan fingerprint density at radius 2 is 1.81 bits per heavy atom. The second-order valence-electron chi connectivity index (χ2n) is 11.9. The number of aromatic nitrogens is 2. The van der Waals surface area contributed by atoms with Gasteiger partial charge in [-0.05, 0) is 87.5 Å². The van der Waals surface area contributed by atoms with Crippen LogP contribution >= 0.6 is 11.8 Å². The Hall–Kier alpha value is -1.85. The van der Waals surface area contributed by atoms with Gasteiger partial charge < -0.3 is 24.3 Å². The molecule has 9 nitrogen and oxygen atoms in total. The highest BCUT2D eigenvalue weighted by Crippen LogP contribution is 2.36. The van der Waals surface area contributed by atoms with Crippen LogP contribution < -0.4 is 10.8 Å². The van der Waals surface area contributed by atoms with Crippen molar-refractivity contribution in [2.45, 2.75) is 122 Å². The molecule has 0 bridgehead atoms. The van der Waals surface area contributed by atoms with Crippen molar-refractivity contribution in [3.8, 4) is 0 Å². The minimum absolute atomic E-state index is 0.0511. The fourth-order valence-electron chi connectivity index (χ4n) is 4.37. The van der Waals surface area contributed by atoms with E-state index in [1.54, 1.807) is 51.9 Å². The largest absolute Gasteiger partial charge is 0.498 e. The molecule has 2 amide bonds. The first-order chi connectivity index (χ1) is 17.2. The molecule has 2 fully saturated rings. The number of nitrogens with zero attached hydrogens (tertiary/aromatic N) is 3. The maximum atomic E-state index is 13.1. The fourth-order valence-corrected chi connectivity index (χ4v) is 5.12. The Kier molecular flexibility index (Phi) is 9.56. The molecule has 0 aromatic carbocycles. The molecule has 0 spiro atoms. The van der Waals surface area contributed by atoms with Crippen molar-refractivity contribution in [3.63, 3.8) is 0 Å². The third kappa shape index (κ3) is 8.07. The maximum Gasteiger partial charge on any atom is 0.498 e. The molecule has 11 heteroatoms. The number of amides is 2. The standard InChI is InChI=1S/C26H43BN4O5S/c1-18(30-23(33)34-24(2,3)4)21(32)31-14-10-9-12-20(31)13-11-15-37-22-28-16-19(17-29-22)27-35-25(5,6)26(7,8)36-27/h16-18,20H,9-15H2,1-8H3,(H,30,33)/t18-,20+/m0/s1. The summed E-state index contributed by atoms with van der Waals surface area (Å²) >= 11 is 1.61. The molecule has 0 radical (unpaired) electrons. The van der Waals surface area contributed by atoms with Gasteiger partial charge in [-0.2, -0.15) is 0 Å². The SMILES string of the molecule is C[C@H](NC(=O)OC(C)(C)C)C(=O)N1CCCC[C@@H]1CCCSc1ncc(B2OC(C)(C)C(C)(C)O2)cn1. The van der Waals surface area contributed by atoms with Crippen LogP contribution in [0, 0.1) is 0 Å². The van der Waals surface area contributed by atoms with Gasteiger partial charge in [-0.25, -0.2) is 14.8 Å². The first-order valence-electron chi connectivity index (χ1n) is 13.3. The lowest BCUT2D eigenvalue weighted by Gasteiger charge is -2.37. The molecule has 3 heterocycles. The summed E-state index contributed by atoms with van der Waals surface area (Å²) in [4.78, 5) is 36.1. The Balaban J connectivity index is 1.45. The summed E-state index contributed by atoms with van der Waals surface area (Å²) in [6.45, 7) is 16.0. The van der Waals surface area contributed by atoms with Crippen LogP contribution in [0.3, 0.4) is 0 Å². The number of nitrogens with one attached hydrogen (secondary N) is 1. The molecule has 2 aliphatic heterocycles. The zero-order valence-electron chi connectivity index (χ0n) is 23.6. The minimum atomic E-state index is -0.624. The summed E-state index contributed by atoms with van der Waals surface area (Å²) in [5.74, 6) is 0.810. The van der Waals surface area contributed by atoms with Crippen molar-refractivity contribution in [2.75, 3.05) is 12.3 Å². The zero-order valence-corrected chi connectivity index (χ0v) is 24.4. The molecule has 2 atom stereocenters. The van der Waals surface area contributed by atoms with Crippen LogP contribution in [-0.2, 0) is 18.8 Å². The third-order valence-corrected chi connectivity index (χ3v) is 8.06. The lowest BCUT2D eigenvalue weighted by Crippen LogP contribution is -2.52. The van der Waals surface area contributed by atoms with Crippen molar-refractivity contribution < 1.29 is 23.6 Å². The second kappa shape index (κ2) is 11.9. The van der Waals surface area contributed by atoms with Gasteiger partial charge in [0, 0.05) is 36.2 Å². The number of carbonyl (C=O) groups is 2. The summed E-state index contributed by atoms with van der Waals surface area (Å²) < 4.78 is 17.4. The summed E-state index contributed by atoms with van der Waals surface area (Å²) in [7, 11) is -0.467. The Bertz CT molecular complexity index is 922. The molecule has 1 N–H and O–H groups in total. The van der Waals surface area contributed by atoms with Crippen molar-refractivity contribution in [1.82, 2.24) is 20.2 Å². The first kappa shape index (κ1) is 29.7. The fraction of sp³-hybridized carbons (Fsp3) is 0.769. The van der Waals surface area contributed by atoms with Gasteiger partial charge in [0.1, 0.15) is 11.6 Å². The van der Waals surface area contributed by atoms with E-state index in [4.69, 9.17) is 14.0 Å². The number of carbonyl (C=O) groups excluding carboxylic acids is 2. The molecule has 2 saturated heterocycles. The molecule has 0 unspecified atom stereocenters. The molecule has 0 aliphatic carbocycles. The van der Waals surface area contributed by atoms with Gasteiger partial charge in [-0.3, -0.25) is 4.79 Å². The predicted octanol–water partition coefficient (Wildman–Crippen LogP) is 3.94. The quantitative estimate of drug-likeness (QED) is 0.232. The van der Waals surface area contributed by atoms with Crippen LogP contribution in [0.5, 0.6) is 0 Å². The molecule has 0 saturated carbocycles. The van der Waals surface area contributed by atoms with Crippen molar-refractivity contribution in [2.24, 2.45) is 0 Å². The van der Waals surface area contributed by atoms with E-state index in [-0.39, 0.29) is 11.9 Å². The average Bonchev–Trinajstić information content (AvgIpc) is 3.02. The highest BCUT2D eigenvalue weighted by Gasteiger charge is 2.52. The van der Waals surface area contributed by atoms with Crippen LogP contribution in [0.4, 0.5) is 4.79 Å². The molecule has 3 rings (SSSR count). The van der Waals surface area contributed by atoms with E-state index < -0.39 is 36.1 Å². The molecule has 1 aromatic rings. The van der Waals surface area contributed by atoms with Crippen molar-refractivity contribution in [3.05, 3.63) is 12.4 Å². The van der Waals surface area contributed by atoms with Crippen LogP contribution in [0.25, 0.3) is 0 Å². The van der Waals surface area contributed by atoms with Gasteiger partial charge in [0.25, 0.3) is 0 Å². The highest BCUT2D eigenvalue weighted by atomic mass is 32.2. The smallest absolute Gasteiger partial charge is 0.444 e. The number of piperidine rings is 1. The Labute approximate surface area is 226 Å². The van der Waals surface area contributed by atoms with Crippen LogP contribution in [0.2, 0.25) is 0 Å². The van der Waals surface area contributed by atoms with Gasteiger partial charge in [-0.15, -0.1) is 0 Å². The van der Waals surface area contributed by atoms with E-state index >= 15 is 0 Å². The summed E-state index contributed by atoms with van der Waals surface area (Å²) in [5.41, 5.74) is -0.589.